The summed E-state index contributed by atoms with van der Waals surface area (Å²) in [7, 11) is 0. The molecule has 0 radical (unpaired) electrons. The van der Waals surface area contributed by atoms with E-state index in [0.29, 0.717) is 12.8 Å². The van der Waals surface area contributed by atoms with Crippen molar-refractivity contribution in [2.75, 3.05) is 6.61 Å². The van der Waals surface area contributed by atoms with E-state index in [2.05, 4.69) is 13.8 Å². The van der Waals surface area contributed by atoms with Crippen molar-refractivity contribution in [2.45, 2.75) is 77.9 Å². The molecule has 3 fully saturated rings. The number of rotatable bonds is 7. The highest BCUT2D eigenvalue weighted by molar-refractivity contribution is 6.01. The Labute approximate surface area is 216 Å². The van der Waals surface area contributed by atoms with Crippen LogP contribution in [0.25, 0.3) is 0 Å². The zero-order valence-electron chi connectivity index (χ0n) is 21.8. The molecule has 0 amide bonds. The lowest BCUT2D eigenvalue weighted by Crippen LogP contribution is -2.63. The molecule has 0 spiro atoms. The fraction of sp³-hybridized carbons (Fsp3) is 0.679. The lowest BCUT2D eigenvalue weighted by Gasteiger charge is -2.61. The van der Waals surface area contributed by atoms with E-state index in [0.717, 1.165) is 5.57 Å². The Kier molecular flexibility index (Phi) is 6.99. The van der Waals surface area contributed by atoms with Gasteiger partial charge in [0.15, 0.2) is 18.0 Å². The van der Waals surface area contributed by atoms with Gasteiger partial charge in [-0.2, -0.15) is 0 Å². The summed E-state index contributed by atoms with van der Waals surface area (Å²) >= 11 is 0. The number of carboxylic acids is 1. The molecular weight excluding hydrogens is 480 g/mol. The van der Waals surface area contributed by atoms with Crippen molar-refractivity contribution in [1.82, 2.24) is 0 Å². The smallest absolute Gasteiger partial charge is 0.307 e. The van der Waals surface area contributed by atoms with Crippen molar-refractivity contribution < 1.29 is 43.7 Å². The van der Waals surface area contributed by atoms with Crippen LogP contribution in [0.1, 0.15) is 66.2 Å². The van der Waals surface area contributed by atoms with Crippen molar-refractivity contribution in [3.8, 4) is 0 Å². The first-order valence-corrected chi connectivity index (χ1v) is 13.0. The zero-order chi connectivity index (χ0) is 27.3. The van der Waals surface area contributed by atoms with Gasteiger partial charge in [0, 0.05) is 23.7 Å². The van der Waals surface area contributed by atoms with Crippen LogP contribution in [0.15, 0.2) is 23.8 Å². The van der Waals surface area contributed by atoms with Crippen molar-refractivity contribution in [1.29, 1.82) is 0 Å². The lowest BCUT2D eigenvalue weighted by atomic mass is 9.44. The van der Waals surface area contributed by atoms with E-state index in [1.807, 2.05) is 13.0 Å². The number of esters is 2. The first-order valence-electron chi connectivity index (χ1n) is 13.0. The fourth-order valence-corrected chi connectivity index (χ4v) is 8.16. The molecule has 0 aromatic rings. The molecule has 4 rings (SSSR count). The maximum atomic E-state index is 13.7. The maximum Gasteiger partial charge on any atom is 0.307 e. The molecule has 0 aliphatic heterocycles. The molecule has 2 N–H and O–H groups in total. The summed E-state index contributed by atoms with van der Waals surface area (Å²) < 4.78 is 10.9. The van der Waals surface area contributed by atoms with Crippen LogP contribution in [0, 0.1) is 34.5 Å². The maximum absolute atomic E-state index is 13.7. The Morgan fingerprint density at radius 2 is 1.86 bits per heavy atom. The van der Waals surface area contributed by atoms with Gasteiger partial charge in [0.1, 0.15) is 0 Å². The molecule has 37 heavy (non-hydrogen) atoms. The average Bonchev–Trinajstić information content (AvgIpc) is 3.09. The van der Waals surface area contributed by atoms with Crippen LogP contribution in [-0.4, -0.2) is 58.0 Å². The number of allylic oxidation sites excluding steroid dienone is 4. The number of hydrogen-bond acceptors (Lipinski definition) is 8. The molecule has 4 aliphatic carbocycles. The Hall–Kier alpha value is -2.81. The van der Waals surface area contributed by atoms with Crippen LogP contribution in [0.3, 0.4) is 0 Å². The number of Topliss-reactive ketones (excluding diaryl/α,β-unsaturated/α-hetero) is 1. The number of ether oxygens (including phenoxy) is 2. The van der Waals surface area contributed by atoms with Crippen LogP contribution < -0.4 is 0 Å². The van der Waals surface area contributed by atoms with E-state index in [-0.39, 0.29) is 42.3 Å². The molecule has 9 nitrogen and oxygen atoms in total. The highest BCUT2D eigenvalue weighted by Gasteiger charge is 2.70. The Bertz CT molecular complexity index is 1090. The van der Waals surface area contributed by atoms with Crippen molar-refractivity contribution >= 4 is 29.5 Å². The largest absolute Gasteiger partial charge is 0.481 e. The Morgan fingerprint density at radius 1 is 1.16 bits per heavy atom. The SMILES string of the molecule is CC(=O)OCC(=O)[C@@]1(OC(=O)CCC(=O)O)CC[C@H]2[C@@H]3C[C@H](C)C4=CC(=O)C=C[C@]4(C)[C@H]3[C@@H](O)C[C@@]21C. The highest BCUT2D eigenvalue weighted by Crippen LogP contribution is 2.68. The van der Waals surface area contributed by atoms with Gasteiger partial charge < -0.3 is 19.7 Å². The first kappa shape index (κ1) is 27.2. The number of carbonyl (C=O) groups is 5. The van der Waals surface area contributed by atoms with E-state index >= 15 is 0 Å². The highest BCUT2D eigenvalue weighted by atomic mass is 16.6. The molecule has 4 aliphatic rings. The van der Waals surface area contributed by atoms with E-state index < -0.39 is 65.7 Å². The van der Waals surface area contributed by atoms with Gasteiger partial charge in [-0.25, -0.2) is 0 Å². The molecule has 202 valence electrons. The predicted octanol–water partition coefficient (Wildman–Crippen LogP) is 2.79. The number of fused-ring (bicyclic) bond motifs is 5. The summed E-state index contributed by atoms with van der Waals surface area (Å²) in [5.41, 5.74) is -2.09. The quantitative estimate of drug-likeness (QED) is 0.488. The number of aliphatic carboxylic acids is 1. The third-order valence-corrected chi connectivity index (χ3v) is 9.62. The van der Waals surface area contributed by atoms with Gasteiger partial charge in [-0.3, -0.25) is 24.0 Å². The molecule has 0 unspecified atom stereocenters. The van der Waals surface area contributed by atoms with Crippen LogP contribution in [0.4, 0.5) is 0 Å². The van der Waals surface area contributed by atoms with Crippen molar-refractivity contribution in [2.24, 2.45) is 34.5 Å². The predicted molar refractivity (Wildman–Crippen MR) is 130 cm³/mol. The van der Waals surface area contributed by atoms with E-state index in [4.69, 9.17) is 14.6 Å². The summed E-state index contributed by atoms with van der Waals surface area (Å²) in [4.78, 5) is 61.1. The van der Waals surface area contributed by atoms with Gasteiger partial charge >= 0.3 is 17.9 Å². The molecule has 0 aromatic heterocycles. The van der Waals surface area contributed by atoms with Gasteiger partial charge in [-0.15, -0.1) is 0 Å². The van der Waals surface area contributed by atoms with Crippen molar-refractivity contribution in [3.63, 3.8) is 0 Å². The van der Waals surface area contributed by atoms with Gasteiger partial charge in [-0.05, 0) is 55.6 Å². The van der Waals surface area contributed by atoms with Gasteiger partial charge in [0.05, 0.1) is 18.9 Å². The van der Waals surface area contributed by atoms with Crippen LogP contribution >= 0.6 is 0 Å². The van der Waals surface area contributed by atoms with Crippen molar-refractivity contribution in [3.05, 3.63) is 23.8 Å². The Balaban J connectivity index is 1.73. The number of carboxylic acid groups (broad SMARTS) is 1. The van der Waals surface area contributed by atoms with Crippen LogP contribution in [0.5, 0.6) is 0 Å². The minimum absolute atomic E-state index is 0.00938. The minimum atomic E-state index is -1.65. The number of carbonyl (C=O) groups excluding carboxylic acids is 4. The van der Waals surface area contributed by atoms with E-state index in [9.17, 15) is 29.1 Å². The topological polar surface area (TPSA) is 144 Å². The Morgan fingerprint density at radius 3 is 2.51 bits per heavy atom. The molecule has 0 aromatic carbocycles. The minimum Gasteiger partial charge on any atom is -0.481 e. The lowest BCUT2D eigenvalue weighted by molar-refractivity contribution is -0.202. The van der Waals surface area contributed by atoms with Gasteiger partial charge in [0.25, 0.3) is 0 Å². The number of hydrogen-bond donors (Lipinski definition) is 2. The van der Waals surface area contributed by atoms with Crippen LogP contribution in [-0.2, 0) is 33.4 Å². The van der Waals surface area contributed by atoms with Crippen LogP contribution in [0.2, 0.25) is 0 Å². The molecular formula is C28H36O9. The average molecular weight is 517 g/mol. The summed E-state index contributed by atoms with van der Waals surface area (Å²) in [5, 5.41) is 20.7. The number of aliphatic hydroxyl groups is 1. The summed E-state index contributed by atoms with van der Waals surface area (Å²) in [5.74, 6) is -3.41. The molecule has 3 saturated carbocycles. The first-order chi connectivity index (χ1) is 17.2. The fourth-order valence-electron chi connectivity index (χ4n) is 8.16. The third-order valence-electron chi connectivity index (χ3n) is 9.62. The van der Waals surface area contributed by atoms with Gasteiger partial charge in [-0.1, -0.05) is 32.4 Å². The molecule has 0 saturated heterocycles. The second-order valence-corrected chi connectivity index (χ2v) is 11.7. The molecule has 8 atom stereocenters. The second-order valence-electron chi connectivity index (χ2n) is 11.7. The van der Waals surface area contributed by atoms with E-state index in [1.165, 1.54) is 6.92 Å². The number of ketones is 2. The van der Waals surface area contributed by atoms with Gasteiger partial charge in [0.2, 0.25) is 5.78 Å². The summed E-state index contributed by atoms with van der Waals surface area (Å²) in [6.45, 7) is 6.61. The normalized spacial score (nSPS) is 40.1. The summed E-state index contributed by atoms with van der Waals surface area (Å²) in [6.07, 6.45) is 5.13. The third kappa shape index (κ3) is 4.35. The van der Waals surface area contributed by atoms with E-state index in [1.54, 1.807) is 12.2 Å². The molecule has 0 bridgehead atoms. The second kappa shape index (κ2) is 9.49. The molecule has 9 heteroatoms. The summed E-state index contributed by atoms with van der Waals surface area (Å²) in [6, 6.07) is 0. The molecule has 0 heterocycles. The standard InChI is InChI=1S/C28H36O9/c1-15-11-18-19-8-10-28(22(32)14-36-16(2)29,37-24(35)6-5-23(33)34)27(19,4)13-21(31)25(18)26(3)9-7-17(30)12-20(15)26/h7,9,12,15,18-19,21,25,31H,5-6,8,10-11,13-14H2,1-4H3,(H,33,34)/t15-,18-,19-,21-,25+,26-,27-,28-/m0/s1. The zero-order valence-corrected chi connectivity index (χ0v) is 21.8. The number of aliphatic hydroxyl groups excluding tert-OH is 1. The monoisotopic (exact) mass is 516 g/mol.